The first-order chi connectivity index (χ1) is 6.90. The fourth-order valence-electron chi connectivity index (χ4n) is 0.987. The first-order valence-electron chi connectivity index (χ1n) is 4.13. The van der Waals surface area contributed by atoms with Crippen molar-refractivity contribution in [1.82, 2.24) is 9.97 Å². The van der Waals surface area contributed by atoms with Crippen molar-refractivity contribution >= 4 is 28.4 Å². The first-order valence-corrected chi connectivity index (χ1v) is 5.21. The summed E-state index contributed by atoms with van der Waals surface area (Å²) in [5.74, 6) is 0.523. The zero-order valence-electron chi connectivity index (χ0n) is 7.92. The Bertz CT molecular complexity index is 329. The van der Waals surface area contributed by atoms with Crippen LogP contribution in [0, 0.1) is 3.57 Å². The Morgan fingerprint density at radius 2 is 2.13 bits per heavy atom. The Hall–Kier alpha value is -0.600. The first kappa shape index (κ1) is 12.5. The van der Waals surface area contributed by atoms with Crippen LogP contribution < -0.4 is 4.90 Å². The lowest BCUT2D eigenvalue weighted by atomic mass is 10.4. The molecular weight excluding hydrogens is 322 g/mol. The highest BCUT2D eigenvalue weighted by molar-refractivity contribution is 14.1. The smallest absolute Gasteiger partial charge is 0.358 e. The second-order valence-electron chi connectivity index (χ2n) is 2.98. The Morgan fingerprint density at radius 3 is 2.67 bits per heavy atom. The predicted molar refractivity (Wildman–Crippen MR) is 58.7 cm³/mol. The standard InChI is InChI=1S/C8H9F3IN3/c1-15(3-2-8(9,10)11)7-6(12)4-13-5-14-7/h4-5H,2-3H2,1H3. The molecule has 0 aliphatic rings. The van der Waals surface area contributed by atoms with Crippen molar-refractivity contribution in [1.29, 1.82) is 0 Å². The molecule has 0 N–H and O–H groups in total. The van der Waals surface area contributed by atoms with Gasteiger partial charge in [0.05, 0.1) is 9.99 Å². The molecule has 0 saturated heterocycles. The van der Waals surface area contributed by atoms with Crippen LogP contribution in [0.2, 0.25) is 0 Å². The lowest BCUT2D eigenvalue weighted by Crippen LogP contribution is -2.25. The summed E-state index contributed by atoms with van der Waals surface area (Å²) in [5, 5.41) is 0. The summed E-state index contributed by atoms with van der Waals surface area (Å²) in [4.78, 5) is 9.16. The summed E-state index contributed by atoms with van der Waals surface area (Å²) < 4.78 is 36.6. The van der Waals surface area contributed by atoms with Gasteiger partial charge in [-0.25, -0.2) is 9.97 Å². The highest BCUT2D eigenvalue weighted by Gasteiger charge is 2.27. The van der Waals surface area contributed by atoms with E-state index in [0.717, 1.165) is 3.57 Å². The molecule has 0 amide bonds. The fourth-order valence-corrected chi connectivity index (χ4v) is 1.70. The second kappa shape index (κ2) is 4.95. The van der Waals surface area contributed by atoms with Crippen LogP contribution in [0.4, 0.5) is 19.0 Å². The number of hydrogen-bond acceptors (Lipinski definition) is 3. The molecule has 0 aromatic carbocycles. The van der Waals surface area contributed by atoms with Crippen molar-refractivity contribution in [3.8, 4) is 0 Å². The maximum absolute atomic E-state index is 12.0. The molecule has 0 unspecified atom stereocenters. The van der Waals surface area contributed by atoms with Crippen LogP contribution in [0.25, 0.3) is 0 Å². The van der Waals surface area contributed by atoms with E-state index in [1.54, 1.807) is 13.2 Å². The molecular formula is C8H9F3IN3. The van der Waals surface area contributed by atoms with Crippen molar-refractivity contribution in [2.45, 2.75) is 12.6 Å². The Labute approximate surface area is 98.8 Å². The van der Waals surface area contributed by atoms with E-state index in [1.165, 1.54) is 11.2 Å². The number of anilines is 1. The molecule has 1 aromatic heterocycles. The minimum Gasteiger partial charge on any atom is -0.358 e. The van der Waals surface area contributed by atoms with E-state index in [1.807, 2.05) is 22.6 Å². The van der Waals surface area contributed by atoms with Gasteiger partial charge < -0.3 is 4.90 Å². The summed E-state index contributed by atoms with van der Waals surface area (Å²) in [6.45, 7) is -0.101. The number of nitrogens with zero attached hydrogens (tertiary/aromatic N) is 3. The molecule has 0 saturated carbocycles. The molecule has 0 radical (unpaired) electrons. The third-order valence-electron chi connectivity index (χ3n) is 1.74. The van der Waals surface area contributed by atoms with Gasteiger partial charge in [0, 0.05) is 19.8 Å². The molecule has 0 atom stereocenters. The van der Waals surface area contributed by atoms with E-state index < -0.39 is 12.6 Å². The van der Waals surface area contributed by atoms with Crippen molar-refractivity contribution in [2.24, 2.45) is 0 Å². The minimum absolute atomic E-state index is 0.101. The number of halogens is 4. The maximum Gasteiger partial charge on any atom is 0.390 e. The van der Waals surface area contributed by atoms with Gasteiger partial charge in [-0.15, -0.1) is 0 Å². The van der Waals surface area contributed by atoms with Crippen LogP contribution in [0.15, 0.2) is 12.5 Å². The van der Waals surface area contributed by atoms with Crippen LogP contribution in [0.1, 0.15) is 6.42 Å². The summed E-state index contributed by atoms with van der Waals surface area (Å²) >= 11 is 1.99. The van der Waals surface area contributed by atoms with Crippen LogP contribution >= 0.6 is 22.6 Å². The molecule has 1 rings (SSSR count). The SMILES string of the molecule is CN(CCC(F)(F)F)c1ncncc1I. The van der Waals surface area contributed by atoms with Gasteiger partial charge in [0.1, 0.15) is 12.1 Å². The summed E-state index contributed by atoms with van der Waals surface area (Å²) in [7, 11) is 1.58. The Kier molecular flexibility index (Phi) is 4.12. The summed E-state index contributed by atoms with van der Waals surface area (Å²) in [5.41, 5.74) is 0. The molecule has 0 aliphatic heterocycles. The van der Waals surface area contributed by atoms with E-state index >= 15 is 0 Å². The Morgan fingerprint density at radius 1 is 1.47 bits per heavy atom. The van der Waals surface area contributed by atoms with E-state index in [0.29, 0.717) is 5.82 Å². The molecule has 0 aliphatic carbocycles. The zero-order chi connectivity index (χ0) is 11.5. The quantitative estimate of drug-likeness (QED) is 0.797. The van der Waals surface area contributed by atoms with Gasteiger partial charge in [0.2, 0.25) is 0 Å². The van der Waals surface area contributed by atoms with Gasteiger partial charge in [0.25, 0.3) is 0 Å². The van der Waals surface area contributed by atoms with E-state index in [2.05, 4.69) is 9.97 Å². The molecule has 15 heavy (non-hydrogen) atoms. The molecule has 84 valence electrons. The third-order valence-corrected chi connectivity index (χ3v) is 2.50. The molecule has 1 heterocycles. The second-order valence-corrected chi connectivity index (χ2v) is 4.14. The average Bonchev–Trinajstić information content (AvgIpc) is 2.14. The van der Waals surface area contributed by atoms with Gasteiger partial charge in [-0.2, -0.15) is 13.2 Å². The summed E-state index contributed by atoms with van der Waals surface area (Å²) in [6, 6.07) is 0. The lowest BCUT2D eigenvalue weighted by Gasteiger charge is -2.19. The predicted octanol–water partition coefficient (Wildman–Crippen LogP) is 2.47. The zero-order valence-corrected chi connectivity index (χ0v) is 10.1. The van der Waals surface area contributed by atoms with Crippen LogP contribution in [-0.2, 0) is 0 Å². The number of alkyl halides is 3. The van der Waals surface area contributed by atoms with Crippen LogP contribution in [0.3, 0.4) is 0 Å². The fraction of sp³-hybridized carbons (Fsp3) is 0.500. The molecule has 0 spiro atoms. The van der Waals surface area contributed by atoms with Crippen molar-refractivity contribution in [3.63, 3.8) is 0 Å². The lowest BCUT2D eigenvalue weighted by molar-refractivity contribution is -0.132. The van der Waals surface area contributed by atoms with Crippen molar-refractivity contribution < 1.29 is 13.2 Å². The summed E-state index contributed by atoms with van der Waals surface area (Å²) in [6.07, 6.45) is -2.09. The Balaban J connectivity index is 2.62. The molecule has 0 fully saturated rings. The number of hydrogen-bond donors (Lipinski definition) is 0. The number of aromatic nitrogens is 2. The molecule has 1 aromatic rings. The van der Waals surface area contributed by atoms with Crippen LogP contribution in [-0.4, -0.2) is 29.7 Å². The van der Waals surface area contributed by atoms with Gasteiger partial charge in [0.15, 0.2) is 0 Å². The molecule has 3 nitrogen and oxygen atoms in total. The van der Waals surface area contributed by atoms with E-state index in [4.69, 9.17) is 0 Å². The van der Waals surface area contributed by atoms with Gasteiger partial charge >= 0.3 is 6.18 Å². The van der Waals surface area contributed by atoms with E-state index in [9.17, 15) is 13.2 Å². The minimum atomic E-state index is -4.13. The molecule has 7 heteroatoms. The normalized spacial score (nSPS) is 11.5. The maximum atomic E-state index is 12.0. The van der Waals surface area contributed by atoms with Crippen LogP contribution in [0.5, 0.6) is 0 Å². The monoisotopic (exact) mass is 331 g/mol. The third kappa shape index (κ3) is 4.18. The molecule has 0 bridgehead atoms. The average molecular weight is 331 g/mol. The van der Waals surface area contributed by atoms with Gasteiger partial charge in [-0.05, 0) is 22.6 Å². The van der Waals surface area contributed by atoms with Gasteiger partial charge in [-0.3, -0.25) is 0 Å². The number of rotatable bonds is 3. The largest absolute Gasteiger partial charge is 0.390 e. The highest BCUT2D eigenvalue weighted by Crippen LogP contribution is 2.22. The van der Waals surface area contributed by atoms with Gasteiger partial charge in [-0.1, -0.05) is 0 Å². The topological polar surface area (TPSA) is 29.0 Å². The van der Waals surface area contributed by atoms with E-state index in [-0.39, 0.29) is 6.54 Å². The highest BCUT2D eigenvalue weighted by atomic mass is 127. The van der Waals surface area contributed by atoms with Crippen molar-refractivity contribution in [2.75, 3.05) is 18.5 Å². The van der Waals surface area contributed by atoms with Crippen molar-refractivity contribution in [3.05, 3.63) is 16.1 Å².